The Morgan fingerprint density at radius 1 is 0.900 bits per heavy atom. The highest BCUT2D eigenvalue weighted by molar-refractivity contribution is 6.04. The van der Waals surface area contributed by atoms with Gasteiger partial charge >= 0.3 is 0 Å². The van der Waals surface area contributed by atoms with E-state index in [2.05, 4.69) is 58.2 Å². The van der Waals surface area contributed by atoms with Gasteiger partial charge in [-0.2, -0.15) is 5.10 Å². The van der Waals surface area contributed by atoms with Gasteiger partial charge in [-0.05, 0) is 47.9 Å². The van der Waals surface area contributed by atoms with Crippen LogP contribution in [0.3, 0.4) is 0 Å². The van der Waals surface area contributed by atoms with Crippen molar-refractivity contribution in [2.24, 2.45) is 4.99 Å². The number of aryl methyl sites for hydroxylation is 1. The minimum Gasteiger partial charge on any atom is -0.497 e. The third kappa shape index (κ3) is 3.18. The topological polar surface area (TPSA) is 52.3 Å². The molecule has 4 aromatic rings. The molecule has 0 N–H and O–H groups in total. The monoisotopic (exact) mass is 394 g/mol. The van der Waals surface area contributed by atoms with Crippen molar-refractivity contribution in [2.45, 2.75) is 19.4 Å². The Kier molecular flexibility index (Phi) is 4.64. The van der Waals surface area contributed by atoms with Gasteiger partial charge < -0.3 is 4.74 Å². The second-order valence-corrected chi connectivity index (χ2v) is 7.38. The maximum absolute atomic E-state index is 5.32. The predicted octanol–water partition coefficient (Wildman–Crippen LogP) is 5.38. The van der Waals surface area contributed by atoms with Crippen molar-refractivity contribution >= 4 is 11.5 Å². The van der Waals surface area contributed by atoms with Crippen molar-refractivity contribution in [1.29, 1.82) is 0 Å². The second kappa shape index (κ2) is 7.59. The van der Waals surface area contributed by atoms with Crippen LogP contribution in [0, 0.1) is 6.92 Å². The predicted molar refractivity (Wildman–Crippen MR) is 119 cm³/mol. The molecule has 0 amide bonds. The molecule has 0 saturated heterocycles. The van der Waals surface area contributed by atoms with Crippen LogP contribution in [0.2, 0.25) is 0 Å². The number of pyridine rings is 1. The smallest absolute Gasteiger partial charge is 0.159 e. The molecular formula is C25H22N4O. The molecule has 30 heavy (non-hydrogen) atoms. The zero-order valence-electron chi connectivity index (χ0n) is 17.0. The summed E-state index contributed by atoms with van der Waals surface area (Å²) in [5.41, 5.74) is 6.50. The number of rotatable bonds is 4. The average molecular weight is 394 g/mol. The highest BCUT2D eigenvalue weighted by Crippen LogP contribution is 2.41. The van der Waals surface area contributed by atoms with E-state index >= 15 is 0 Å². The highest BCUT2D eigenvalue weighted by atomic mass is 16.5. The minimum absolute atomic E-state index is 0.0707. The number of nitrogens with zero attached hydrogens (tertiary/aromatic N) is 4. The van der Waals surface area contributed by atoms with Crippen LogP contribution >= 0.6 is 0 Å². The molecule has 0 spiro atoms. The molecular weight excluding hydrogens is 372 g/mol. The lowest BCUT2D eigenvalue weighted by atomic mass is 9.96. The highest BCUT2D eigenvalue weighted by Gasteiger charge is 2.29. The Hall–Kier alpha value is -3.73. The second-order valence-electron chi connectivity index (χ2n) is 7.38. The number of hydrogen-bond donors (Lipinski definition) is 0. The molecule has 2 aromatic carbocycles. The third-order valence-corrected chi connectivity index (χ3v) is 5.56. The molecule has 0 unspecified atom stereocenters. The molecule has 1 aliphatic heterocycles. The largest absolute Gasteiger partial charge is 0.497 e. The first-order chi connectivity index (χ1) is 14.7. The van der Waals surface area contributed by atoms with Crippen LogP contribution in [0.25, 0.3) is 11.1 Å². The van der Waals surface area contributed by atoms with Crippen molar-refractivity contribution in [2.75, 3.05) is 7.11 Å². The number of methoxy groups -OCH3 is 1. The lowest BCUT2D eigenvalue weighted by Gasteiger charge is -2.25. The number of fused-ring (bicyclic) bond motifs is 1. The Labute approximate surface area is 175 Å². The van der Waals surface area contributed by atoms with Gasteiger partial charge in [0.05, 0.1) is 24.6 Å². The van der Waals surface area contributed by atoms with E-state index in [-0.39, 0.29) is 6.04 Å². The molecule has 5 heteroatoms. The van der Waals surface area contributed by atoms with Crippen LogP contribution in [-0.4, -0.2) is 27.6 Å². The maximum Gasteiger partial charge on any atom is 0.159 e. The summed E-state index contributed by atoms with van der Waals surface area (Å²) in [6, 6.07) is 22.7. The first-order valence-electron chi connectivity index (χ1n) is 10.0. The number of hydrogen-bond acceptors (Lipinski definition) is 4. The molecule has 1 atom stereocenters. The van der Waals surface area contributed by atoms with Crippen LogP contribution < -0.4 is 4.74 Å². The molecule has 0 aliphatic carbocycles. The summed E-state index contributed by atoms with van der Waals surface area (Å²) < 4.78 is 7.39. The summed E-state index contributed by atoms with van der Waals surface area (Å²) in [5, 5.41) is 4.91. The molecule has 1 aliphatic rings. The van der Waals surface area contributed by atoms with E-state index in [9.17, 15) is 0 Å². The summed E-state index contributed by atoms with van der Waals surface area (Å²) in [5.74, 6) is 1.73. The summed E-state index contributed by atoms with van der Waals surface area (Å²) in [6.07, 6.45) is 4.46. The SMILES string of the molecule is COc1ccc(-c2c(C)nn3c2N=C(c2ccccc2)C[C@@H]3c2ccncc2)cc1. The fourth-order valence-corrected chi connectivity index (χ4v) is 4.06. The zero-order chi connectivity index (χ0) is 20.5. The van der Waals surface area contributed by atoms with E-state index in [4.69, 9.17) is 14.8 Å². The van der Waals surface area contributed by atoms with Gasteiger partial charge in [0.2, 0.25) is 0 Å². The number of ether oxygens (including phenoxy) is 1. The summed E-state index contributed by atoms with van der Waals surface area (Å²) in [4.78, 5) is 9.29. The van der Waals surface area contributed by atoms with Crippen LogP contribution in [0.5, 0.6) is 5.75 Å². The van der Waals surface area contributed by atoms with Crippen molar-refractivity contribution in [3.8, 4) is 16.9 Å². The fraction of sp³-hybridized carbons (Fsp3) is 0.160. The van der Waals surface area contributed by atoms with E-state index in [1.807, 2.05) is 37.5 Å². The number of aliphatic imine (C=N–C) groups is 1. The lowest BCUT2D eigenvalue weighted by molar-refractivity contribution is 0.415. The molecule has 0 radical (unpaired) electrons. The Bertz CT molecular complexity index is 1200. The van der Waals surface area contributed by atoms with E-state index in [0.29, 0.717) is 0 Å². The quantitative estimate of drug-likeness (QED) is 0.467. The van der Waals surface area contributed by atoms with E-state index in [1.54, 1.807) is 7.11 Å². The van der Waals surface area contributed by atoms with Crippen LogP contribution in [0.1, 0.15) is 29.3 Å². The van der Waals surface area contributed by atoms with E-state index in [0.717, 1.165) is 46.1 Å². The summed E-state index contributed by atoms with van der Waals surface area (Å²) in [6.45, 7) is 2.05. The van der Waals surface area contributed by atoms with Crippen molar-refractivity contribution < 1.29 is 4.74 Å². The molecule has 0 bridgehead atoms. The zero-order valence-corrected chi connectivity index (χ0v) is 17.0. The number of aromatic nitrogens is 3. The lowest BCUT2D eigenvalue weighted by Crippen LogP contribution is -2.21. The van der Waals surface area contributed by atoms with Gasteiger partial charge in [0.25, 0.3) is 0 Å². The van der Waals surface area contributed by atoms with Gasteiger partial charge in [-0.15, -0.1) is 0 Å². The van der Waals surface area contributed by atoms with Crippen molar-refractivity contribution in [1.82, 2.24) is 14.8 Å². The van der Waals surface area contributed by atoms with Crippen molar-refractivity contribution in [3.05, 3.63) is 95.9 Å². The first kappa shape index (κ1) is 18.3. The van der Waals surface area contributed by atoms with Gasteiger partial charge in [0.1, 0.15) is 5.75 Å². The minimum atomic E-state index is 0.0707. The molecule has 148 valence electrons. The molecule has 2 aromatic heterocycles. The first-order valence-corrected chi connectivity index (χ1v) is 10.0. The molecule has 3 heterocycles. The Balaban J connectivity index is 1.70. The van der Waals surface area contributed by atoms with Gasteiger partial charge in [0, 0.05) is 24.4 Å². The fourth-order valence-electron chi connectivity index (χ4n) is 4.06. The number of benzene rings is 2. The van der Waals surface area contributed by atoms with Crippen molar-refractivity contribution in [3.63, 3.8) is 0 Å². The normalized spacial score (nSPS) is 15.4. The van der Waals surface area contributed by atoms with Crippen LogP contribution in [0.15, 0.2) is 84.1 Å². The standard InChI is InChI=1S/C25H22N4O/c1-17-24(20-8-10-21(30-2)11-9-20)25-27-22(18-6-4-3-5-7-18)16-23(29(25)28-17)19-12-14-26-15-13-19/h3-15,23H,16H2,1-2H3/t23-/m1/s1. The molecule has 0 saturated carbocycles. The third-order valence-electron chi connectivity index (χ3n) is 5.56. The van der Waals surface area contributed by atoms with Gasteiger partial charge in [-0.1, -0.05) is 42.5 Å². The van der Waals surface area contributed by atoms with Gasteiger partial charge in [-0.25, -0.2) is 9.67 Å². The maximum atomic E-state index is 5.32. The average Bonchev–Trinajstić information content (AvgIpc) is 3.15. The van der Waals surface area contributed by atoms with E-state index < -0.39 is 0 Å². The van der Waals surface area contributed by atoms with E-state index in [1.165, 1.54) is 5.56 Å². The Morgan fingerprint density at radius 3 is 2.33 bits per heavy atom. The molecule has 0 fully saturated rings. The molecule has 5 nitrogen and oxygen atoms in total. The van der Waals surface area contributed by atoms with Crippen LogP contribution in [-0.2, 0) is 0 Å². The molecule has 5 rings (SSSR count). The van der Waals surface area contributed by atoms with Gasteiger partial charge in [-0.3, -0.25) is 4.98 Å². The Morgan fingerprint density at radius 2 is 1.63 bits per heavy atom. The van der Waals surface area contributed by atoms with Gasteiger partial charge in [0.15, 0.2) is 5.82 Å². The summed E-state index contributed by atoms with van der Waals surface area (Å²) >= 11 is 0. The van der Waals surface area contributed by atoms with Crippen LogP contribution in [0.4, 0.5) is 5.82 Å². The summed E-state index contributed by atoms with van der Waals surface area (Å²) in [7, 11) is 1.68.